The van der Waals surface area contributed by atoms with Crippen LogP contribution in [0.4, 0.5) is 0 Å². The Bertz CT molecular complexity index is 1200. The predicted octanol–water partition coefficient (Wildman–Crippen LogP) is 3.32. The molecule has 0 bridgehead atoms. The Hall–Kier alpha value is -3.29. The number of nitrogens with one attached hydrogen (secondary N) is 1. The van der Waals surface area contributed by atoms with E-state index in [1.165, 1.54) is 4.68 Å². The minimum absolute atomic E-state index is 0.0213. The van der Waals surface area contributed by atoms with Gasteiger partial charge < -0.3 is 14.2 Å². The number of nitrogens with zero attached hydrogens (tertiary/aromatic N) is 3. The molecule has 4 aromatic heterocycles. The zero-order valence-electron chi connectivity index (χ0n) is 17.3. The minimum Gasteiger partial charge on any atom is -0.469 e. The first-order valence-corrected chi connectivity index (χ1v) is 10.4. The molecular weight excluding hydrogens is 384 g/mol. The zero-order chi connectivity index (χ0) is 21.1. The van der Waals surface area contributed by atoms with Crippen LogP contribution >= 0.6 is 0 Å². The van der Waals surface area contributed by atoms with Gasteiger partial charge in [0.1, 0.15) is 17.1 Å². The van der Waals surface area contributed by atoms with Gasteiger partial charge in [-0.1, -0.05) is 6.92 Å². The molecule has 4 heterocycles. The van der Waals surface area contributed by atoms with Gasteiger partial charge in [-0.2, -0.15) is 5.10 Å². The molecule has 0 unspecified atom stereocenters. The van der Waals surface area contributed by atoms with Crippen LogP contribution in [0.3, 0.4) is 0 Å². The second-order valence-electron chi connectivity index (χ2n) is 7.52. The summed E-state index contributed by atoms with van der Waals surface area (Å²) in [5.74, 6) is 1.69. The molecule has 0 spiro atoms. The van der Waals surface area contributed by atoms with E-state index in [9.17, 15) is 9.59 Å². The van der Waals surface area contributed by atoms with Gasteiger partial charge in [-0.05, 0) is 31.9 Å². The van der Waals surface area contributed by atoms with Gasteiger partial charge in [0.2, 0.25) is 5.91 Å². The number of furan rings is 2. The monoisotopic (exact) mass is 410 g/mol. The van der Waals surface area contributed by atoms with Gasteiger partial charge in [-0.15, -0.1) is 0 Å². The van der Waals surface area contributed by atoms with Gasteiger partial charge in [-0.3, -0.25) is 14.0 Å². The van der Waals surface area contributed by atoms with Crippen molar-refractivity contribution in [1.29, 1.82) is 0 Å². The smallest absolute Gasteiger partial charge is 0.291 e. The average Bonchev–Trinajstić information content (AvgIpc) is 3.46. The summed E-state index contributed by atoms with van der Waals surface area (Å²) in [6.45, 7) is 4.37. The first-order chi connectivity index (χ1) is 14.6. The van der Waals surface area contributed by atoms with E-state index in [1.54, 1.807) is 18.6 Å². The maximum atomic E-state index is 12.8. The van der Waals surface area contributed by atoms with E-state index in [4.69, 9.17) is 8.83 Å². The summed E-state index contributed by atoms with van der Waals surface area (Å²) in [7, 11) is 0. The average molecular weight is 410 g/mol. The van der Waals surface area contributed by atoms with Crippen LogP contribution in [0.5, 0.6) is 0 Å². The third-order valence-electron chi connectivity index (χ3n) is 5.27. The molecular formula is C22H26N4O4. The molecule has 0 aliphatic carbocycles. The van der Waals surface area contributed by atoms with Crippen molar-refractivity contribution in [3.63, 3.8) is 0 Å². The number of amides is 1. The molecule has 1 amide bonds. The highest BCUT2D eigenvalue weighted by Crippen LogP contribution is 2.20. The number of carbonyl (C=O) groups excluding carboxylic acids is 1. The summed E-state index contributed by atoms with van der Waals surface area (Å²) in [5.41, 5.74) is 1.89. The van der Waals surface area contributed by atoms with Crippen molar-refractivity contribution >= 4 is 22.5 Å². The van der Waals surface area contributed by atoms with Crippen LogP contribution in [0.15, 0.2) is 50.4 Å². The fourth-order valence-electron chi connectivity index (χ4n) is 3.73. The van der Waals surface area contributed by atoms with Crippen molar-refractivity contribution in [2.45, 2.75) is 58.5 Å². The van der Waals surface area contributed by atoms with Gasteiger partial charge in [0.15, 0.2) is 5.58 Å². The van der Waals surface area contributed by atoms with Crippen LogP contribution < -0.4 is 10.9 Å². The van der Waals surface area contributed by atoms with Crippen molar-refractivity contribution in [2.24, 2.45) is 0 Å². The molecule has 0 saturated carbocycles. The second-order valence-corrected chi connectivity index (χ2v) is 7.52. The van der Waals surface area contributed by atoms with E-state index < -0.39 is 0 Å². The molecule has 0 aliphatic rings. The molecule has 30 heavy (non-hydrogen) atoms. The third kappa shape index (κ3) is 4.03. The highest BCUT2D eigenvalue weighted by atomic mass is 16.3. The van der Waals surface area contributed by atoms with E-state index in [1.807, 2.05) is 36.4 Å². The summed E-state index contributed by atoms with van der Waals surface area (Å²) < 4.78 is 14.1. The lowest BCUT2D eigenvalue weighted by molar-refractivity contribution is -0.121. The van der Waals surface area contributed by atoms with E-state index in [-0.39, 0.29) is 17.5 Å². The number of fused-ring (bicyclic) bond motifs is 3. The van der Waals surface area contributed by atoms with Crippen LogP contribution in [0.2, 0.25) is 0 Å². The van der Waals surface area contributed by atoms with E-state index in [0.29, 0.717) is 36.9 Å². The first kappa shape index (κ1) is 20.0. The minimum atomic E-state index is -0.175. The van der Waals surface area contributed by atoms with E-state index >= 15 is 0 Å². The van der Waals surface area contributed by atoms with Crippen LogP contribution in [0.1, 0.15) is 44.7 Å². The summed E-state index contributed by atoms with van der Waals surface area (Å²) in [5, 5.41) is 7.52. The van der Waals surface area contributed by atoms with Gasteiger partial charge in [0.25, 0.3) is 5.56 Å². The number of hydrogen-bond acceptors (Lipinski definition) is 5. The Balaban J connectivity index is 1.36. The Kier molecular flexibility index (Phi) is 5.74. The summed E-state index contributed by atoms with van der Waals surface area (Å²) in [6, 6.07) is 7.44. The molecule has 1 atom stereocenters. The molecule has 0 aromatic carbocycles. The Morgan fingerprint density at radius 2 is 2.10 bits per heavy atom. The van der Waals surface area contributed by atoms with Gasteiger partial charge in [0, 0.05) is 44.0 Å². The second kappa shape index (κ2) is 8.61. The largest absolute Gasteiger partial charge is 0.469 e. The summed E-state index contributed by atoms with van der Waals surface area (Å²) in [4.78, 5) is 25.1. The molecule has 8 heteroatoms. The molecule has 1 N–H and O–H groups in total. The van der Waals surface area contributed by atoms with Gasteiger partial charge in [0.05, 0.1) is 18.0 Å². The summed E-state index contributed by atoms with van der Waals surface area (Å²) >= 11 is 0. The lowest BCUT2D eigenvalue weighted by atomic mass is 10.1. The molecule has 0 radical (unpaired) electrons. The third-order valence-corrected chi connectivity index (χ3v) is 5.27. The topological polar surface area (TPSA) is 94.7 Å². The van der Waals surface area contributed by atoms with Crippen molar-refractivity contribution in [3.05, 3.63) is 58.7 Å². The maximum absolute atomic E-state index is 12.8. The van der Waals surface area contributed by atoms with Crippen LogP contribution in [-0.4, -0.2) is 26.1 Å². The lowest BCUT2D eigenvalue weighted by Crippen LogP contribution is -2.33. The number of hydrogen-bond donors (Lipinski definition) is 1. The molecule has 0 saturated heterocycles. The Labute approximate surface area is 173 Å². The quantitative estimate of drug-likeness (QED) is 0.457. The van der Waals surface area contributed by atoms with Crippen LogP contribution in [0, 0.1) is 0 Å². The predicted molar refractivity (Wildman–Crippen MR) is 112 cm³/mol. The number of carbonyl (C=O) groups is 1. The van der Waals surface area contributed by atoms with Crippen molar-refractivity contribution in [3.8, 4) is 0 Å². The molecule has 0 aliphatic heterocycles. The van der Waals surface area contributed by atoms with Gasteiger partial charge in [-0.25, -0.2) is 4.68 Å². The van der Waals surface area contributed by atoms with E-state index in [2.05, 4.69) is 10.4 Å². The number of rotatable bonds is 9. The molecule has 0 fully saturated rings. The fourth-order valence-corrected chi connectivity index (χ4v) is 3.73. The number of aromatic nitrogens is 3. The highest BCUT2D eigenvalue weighted by molar-refractivity contribution is 5.82. The van der Waals surface area contributed by atoms with Crippen molar-refractivity contribution < 1.29 is 13.6 Å². The Morgan fingerprint density at radius 1 is 1.23 bits per heavy atom. The molecule has 4 aromatic rings. The standard InChI is InChI=1S/C22H26N4O4/c1-3-20-24-25(22(28)18-14-19-17(26(18)20)10-13-30-19)11-4-7-21(27)23-15(2)8-9-16-6-5-12-29-16/h5-6,10,12-15H,3-4,7-9,11H2,1-2H3,(H,23,27)/t15-/m0/s1. The van der Waals surface area contributed by atoms with Gasteiger partial charge >= 0.3 is 0 Å². The van der Waals surface area contributed by atoms with Crippen LogP contribution in [0.25, 0.3) is 16.6 Å². The maximum Gasteiger partial charge on any atom is 0.291 e. The zero-order valence-corrected chi connectivity index (χ0v) is 17.3. The molecule has 4 rings (SSSR count). The Morgan fingerprint density at radius 3 is 2.87 bits per heavy atom. The van der Waals surface area contributed by atoms with E-state index in [0.717, 1.165) is 29.9 Å². The summed E-state index contributed by atoms with van der Waals surface area (Å²) in [6.07, 6.45) is 6.42. The highest BCUT2D eigenvalue weighted by Gasteiger charge is 2.15. The molecule has 158 valence electrons. The van der Waals surface area contributed by atoms with Crippen molar-refractivity contribution in [2.75, 3.05) is 0 Å². The molecule has 8 nitrogen and oxygen atoms in total. The first-order valence-electron chi connectivity index (χ1n) is 10.4. The normalized spacial score (nSPS) is 12.6. The van der Waals surface area contributed by atoms with Crippen LogP contribution in [-0.2, 0) is 24.2 Å². The fraction of sp³-hybridized carbons (Fsp3) is 0.409. The van der Waals surface area contributed by atoms with Crippen molar-refractivity contribution in [1.82, 2.24) is 19.5 Å². The number of aryl methyl sites for hydroxylation is 3. The lowest BCUT2D eigenvalue weighted by Gasteiger charge is -2.13. The SMILES string of the molecule is CCc1nn(CCCC(=O)N[C@@H](C)CCc2ccco2)c(=O)c2cc3occc3n12.